The van der Waals surface area contributed by atoms with E-state index in [1.165, 1.54) is 12.8 Å². The van der Waals surface area contributed by atoms with Crippen molar-refractivity contribution in [3.05, 3.63) is 52.6 Å². The molecule has 0 amide bonds. The maximum atomic E-state index is 12.8. The zero-order chi connectivity index (χ0) is 21.4. The molecule has 2 saturated heterocycles. The summed E-state index contributed by atoms with van der Waals surface area (Å²) in [6.45, 7) is 9.11. The Bertz CT molecular complexity index is 1090. The van der Waals surface area contributed by atoms with Crippen molar-refractivity contribution >= 4 is 21.6 Å². The highest BCUT2D eigenvalue weighted by Gasteiger charge is 2.30. The molecule has 6 nitrogen and oxygen atoms in total. The van der Waals surface area contributed by atoms with Crippen molar-refractivity contribution in [2.24, 2.45) is 0 Å². The molecule has 31 heavy (non-hydrogen) atoms. The molecule has 3 aromatic rings. The van der Waals surface area contributed by atoms with Crippen molar-refractivity contribution in [3.8, 4) is 10.4 Å². The smallest absolute Gasteiger partial charge is 0.259 e. The maximum Gasteiger partial charge on any atom is 0.259 e. The zero-order valence-corrected chi connectivity index (χ0v) is 19.0. The Balaban J connectivity index is 1.33. The SMILES string of the molecule is CC1CN(CC2CCCN2Cc2nc3sc(-c4ccccc4)cc3c(=O)[nH]2)CC(C)O1. The summed E-state index contributed by atoms with van der Waals surface area (Å²) in [5.41, 5.74) is 1.09. The molecule has 1 N–H and O–H groups in total. The first-order valence-electron chi connectivity index (χ1n) is 11.2. The van der Waals surface area contributed by atoms with Gasteiger partial charge in [0.25, 0.3) is 5.56 Å². The molecule has 0 radical (unpaired) electrons. The van der Waals surface area contributed by atoms with Crippen LogP contribution < -0.4 is 5.56 Å². The second-order valence-corrected chi connectivity index (χ2v) is 9.98. The quantitative estimate of drug-likeness (QED) is 0.658. The summed E-state index contributed by atoms with van der Waals surface area (Å²) >= 11 is 1.59. The number of morpholine rings is 1. The summed E-state index contributed by atoms with van der Waals surface area (Å²) in [6.07, 6.45) is 2.97. The van der Waals surface area contributed by atoms with Crippen molar-refractivity contribution in [1.29, 1.82) is 0 Å². The molecular formula is C24H30N4O2S. The molecule has 1 aromatic carbocycles. The van der Waals surface area contributed by atoms with E-state index in [9.17, 15) is 4.79 Å². The lowest BCUT2D eigenvalue weighted by atomic mass is 10.1. The van der Waals surface area contributed by atoms with Gasteiger partial charge in [0.15, 0.2) is 0 Å². The molecule has 0 saturated carbocycles. The fraction of sp³-hybridized carbons (Fsp3) is 0.500. The summed E-state index contributed by atoms with van der Waals surface area (Å²) in [5.74, 6) is 0.773. The molecular weight excluding hydrogens is 408 g/mol. The van der Waals surface area contributed by atoms with Crippen LogP contribution in [0.2, 0.25) is 0 Å². The second-order valence-electron chi connectivity index (χ2n) is 8.95. The normalized spacial score (nSPS) is 25.4. The fourth-order valence-corrected chi connectivity index (χ4v) is 6.09. The molecule has 164 valence electrons. The van der Waals surface area contributed by atoms with E-state index in [-0.39, 0.29) is 17.8 Å². The van der Waals surface area contributed by atoms with Crippen LogP contribution in [0.15, 0.2) is 41.2 Å². The van der Waals surface area contributed by atoms with E-state index in [2.05, 4.69) is 40.8 Å². The standard InChI is InChI=1S/C24H30N4O2S/c1-16-12-27(13-17(2)30-16)14-19-9-6-10-28(19)15-22-25-23(29)20-11-21(31-24(20)26-22)18-7-4-3-5-8-18/h3-5,7-8,11,16-17,19H,6,9-10,12-15H2,1-2H3,(H,25,26,29). The molecule has 0 spiro atoms. The Kier molecular flexibility index (Phi) is 5.93. The van der Waals surface area contributed by atoms with Crippen LogP contribution in [-0.4, -0.2) is 64.2 Å². The molecule has 0 bridgehead atoms. The van der Waals surface area contributed by atoms with Gasteiger partial charge in [-0.25, -0.2) is 4.98 Å². The monoisotopic (exact) mass is 438 g/mol. The van der Waals surface area contributed by atoms with Crippen molar-refractivity contribution in [2.75, 3.05) is 26.2 Å². The minimum Gasteiger partial charge on any atom is -0.373 e. The highest BCUT2D eigenvalue weighted by Crippen LogP contribution is 2.31. The van der Waals surface area contributed by atoms with Crippen LogP contribution in [0.5, 0.6) is 0 Å². The minimum atomic E-state index is -0.0370. The Morgan fingerprint density at radius 2 is 1.97 bits per heavy atom. The number of hydrogen-bond acceptors (Lipinski definition) is 6. The van der Waals surface area contributed by atoms with Crippen LogP contribution in [-0.2, 0) is 11.3 Å². The third-order valence-corrected chi connectivity index (χ3v) is 7.40. The highest BCUT2D eigenvalue weighted by atomic mass is 32.1. The molecule has 3 unspecified atom stereocenters. The van der Waals surface area contributed by atoms with Gasteiger partial charge >= 0.3 is 0 Å². The van der Waals surface area contributed by atoms with E-state index in [1.54, 1.807) is 11.3 Å². The number of nitrogens with zero attached hydrogens (tertiary/aromatic N) is 3. The molecule has 2 aliphatic heterocycles. The zero-order valence-electron chi connectivity index (χ0n) is 18.2. The van der Waals surface area contributed by atoms with Crippen LogP contribution in [0.25, 0.3) is 20.7 Å². The molecule has 3 atom stereocenters. The average molecular weight is 439 g/mol. The first-order chi connectivity index (χ1) is 15.0. The number of H-pyrrole nitrogens is 1. The topological polar surface area (TPSA) is 61.5 Å². The van der Waals surface area contributed by atoms with E-state index >= 15 is 0 Å². The largest absolute Gasteiger partial charge is 0.373 e. The third-order valence-electron chi connectivity index (χ3n) is 6.33. The van der Waals surface area contributed by atoms with Crippen LogP contribution in [0.1, 0.15) is 32.5 Å². The van der Waals surface area contributed by atoms with Gasteiger partial charge in [-0.1, -0.05) is 30.3 Å². The fourth-order valence-electron chi connectivity index (χ4n) is 5.03. The van der Waals surface area contributed by atoms with Gasteiger partial charge in [-0.05, 0) is 44.9 Å². The van der Waals surface area contributed by atoms with Crippen molar-refractivity contribution in [3.63, 3.8) is 0 Å². The van der Waals surface area contributed by atoms with Crippen molar-refractivity contribution < 1.29 is 4.74 Å². The van der Waals surface area contributed by atoms with E-state index in [0.29, 0.717) is 18.0 Å². The lowest BCUT2D eigenvalue weighted by Gasteiger charge is -2.38. The van der Waals surface area contributed by atoms with Crippen molar-refractivity contribution in [2.45, 2.75) is 51.5 Å². The van der Waals surface area contributed by atoms with Gasteiger partial charge in [0, 0.05) is 30.6 Å². The van der Waals surface area contributed by atoms with E-state index < -0.39 is 0 Å². The van der Waals surface area contributed by atoms with E-state index in [4.69, 9.17) is 9.72 Å². The van der Waals surface area contributed by atoms with Crippen molar-refractivity contribution in [1.82, 2.24) is 19.8 Å². The van der Waals surface area contributed by atoms with Crippen LogP contribution in [0.4, 0.5) is 0 Å². The average Bonchev–Trinajstić information content (AvgIpc) is 3.35. The first-order valence-corrected chi connectivity index (χ1v) is 12.1. The van der Waals surface area contributed by atoms with Gasteiger partial charge in [0.05, 0.1) is 24.1 Å². The Morgan fingerprint density at radius 1 is 1.19 bits per heavy atom. The first kappa shape index (κ1) is 20.8. The number of benzene rings is 1. The summed E-state index contributed by atoms with van der Waals surface area (Å²) in [5, 5.41) is 0.682. The van der Waals surface area contributed by atoms with Gasteiger partial charge in [-0.2, -0.15) is 0 Å². The van der Waals surface area contributed by atoms with Crippen LogP contribution in [0, 0.1) is 0 Å². The summed E-state index contributed by atoms with van der Waals surface area (Å²) in [4.78, 5) is 27.6. The van der Waals surface area contributed by atoms with Crippen LogP contribution in [0.3, 0.4) is 0 Å². The van der Waals surface area contributed by atoms with Gasteiger partial charge in [-0.15, -0.1) is 11.3 Å². The predicted octanol–water partition coefficient (Wildman–Crippen LogP) is 3.73. The summed E-state index contributed by atoms with van der Waals surface area (Å²) in [6, 6.07) is 12.7. The minimum absolute atomic E-state index is 0.0370. The summed E-state index contributed by atoms with van der Waals surface area (Å²) in [7, 11) is 0. The maximum absolute atomic E-state index is 12.8. The molecule has 2 aromatic heterocycles. The number of thiophene rings is 1. The van der Waals surface area contributed by atoms with E-state index in [1.807, 2.05) is 24.3 Å². The van der Waals surface area contributed by atoms with Gasteiger partial charge in [-0.3, -0.25) is 14.6 Å². The molecule has 7 heteroatoms. The number of rotatable bonds is 5. The Labute approximate surface area is 186 Å². The number of ether oxygens (including phenoxy) is 1. The number of aromatic amines is 1. The molecule has 0 aliphatic carbocycles. The molecule has 5 rings (SSSR count). The molecule has 2 aliphatic rings. The van der Waals surface area contributed by atoms with Gasteiger partial charge < -0.3 is 9.72 Å². The number of nitrogens with one attached hydrogen (secondary N) is 1. The molecule has 4 heterocycles. The third kappa shape index (κ3) is 4.60. The number of likely N-dealkylation sites (tertiary alicyclic amines) is 1. The van der Waals surface area contributed by atoms with E-state index in [0.717, 1.165) is 47.3 Å². The predicted molar refractivity (Wildman–Crippen MR) is 126 cm³/mol. The Morgan fingerprint density at radius 3 is 2.74 bits per heavy atom. The number of aromatic nitrogens is 2. The summed E-state index contributed by atoms with van der Waals surface area (Å²) < 4.78 is 5.89. The second kappa shape index (κ2) is 8.82. The molecule has 2 fully saturated rings. The number of hydrogen-bond donors (Lipinski definition) is 1. The van der Waals surface area contributed by atoms with Crippen LogP contribution >= 0.6 is 11.3 Å². The Hall–Kier alpha value is -2.06. The van der Waals surface area contributed by atoms with Gasteiger partial charge in [0.1, 0.15) is 10.7 Å². The lowest BCUT2D eigenvalue weighted by Crippen LogP contribution is -2.50. The highest BCUT2D eigenvalue weighted by molar-refractivity contribution is 7.21. The van der Waals surface area contributed by atoms with Gasteiger partial charge in [0.2, 0.25) is 0 Å². The number of fused-ring (bicyclic) bond motifs is 1. The lowest BCUT2D eigenvalue weighted by molar-refractivity contribution is -0.0725.